The molecule has 0 aliphatic heterocycles. The van der Waals surface area contributed by atoms with Crippen LogP contribution in [0.3, 0.4) is 0 Å². The molecule has 0 aliphatic rings. The number of rotatable bonds is 7. The number of aryl methyl sites for hydroxylation is 2. The van der Waals surface area contributed by atoms with E-state index in [4.69, 9.17) is 14.2 Å². The molecule has 0 atom stereocenters. The van der Waals surface area contributed by atoms with Crippen LogP contribution in [0.25, 0.3) is 0 Å². The van der Waals surface area contributed by atoms with Crippen molar-refractivity contribution < 1.29 is 14.2 Å². The van der Waals surface area contributed by atoms with E-state index in [1.807, 2.05) is 45.9 Å². The molecule has 0 heterocycles. The van der Waals surface area contributed by atoms with Crippen molar-refractivity contribution in [1.29, 1.82) is 0 Å². The van der Waals surface area contributed by atoms with E-state index < -0.39 is 0 Å². The van der Waals surface area contributed by atoms with E-state index in [9.17, 15) is 0 Å². The van der Waals surface area contributed by atoms with Gasteiger partial charge in [-0.1, -0.05) is 18.2 Å². The van der Waals surface area contributed by atoms with Crippen LogP contribution in [0.1, 0.15) is 25.0 Å². The zero-order chi connectivity index (χ0) is 12.7. The highest BCUT2D eigenvalue weighted by Crippen LogP contribution is 2.22. The maximum atomic E-state index is 5.78. The van der Waals surface area contributed by atoms with Crippen LogP contribution in [-0.4, -0.2) is 26.1 Å². The smallest absolute Gasteiger partial charge is 0.191 e. The molecular weight excluding hydrogens is 216 g/mol. The summed E-state index contributed by atoms with van der Waals surface area (Å²) in [6.45, 7) is 9.66. The molecule has 0 saturated carbocycles. The van der Waals surface area contributed by atoms with Crippen molar-refractivity contribution in [3.63, 3.8) is 0 Å². The average Bonchev–Trinajstić information content (AvgIpc) is 2.29. The third-order valence-corrected chi connectivity index (χ3v) is 2.48. The second-order valence-corrected chi connectivity index (χ2v) is 3.87. The van der Waals surface area contributed by atoms with Crippen molar-refractivity contribution in [2.45, 2.75) is 34.0 Å². The van der Waals surface area contributed by atoms with Crippen LogP contribution in [0, 0.1) is 13.8 Å². The maximum Gasteiger partial charge on any atom is 0.191 e. The van der Waals surface area contributed by atoms with Crippen molar-refractivity contribution in [2.75, 3.05) is 19.8 Å². The second-order valence-electron chi connectivity index (χ2n) is 3.87. The maximum absolute atomic E-state index is 5.78. The Kier molecular flexibility index (Phi) is 6.01. The molecule has 0 bridgehead atoms. The molecule has 0 amide bonds. The van der Waals surface area contributed by atoms with Crippen LogP contribution >= 0.6 is 0 Å². The Balaban J connectivity index is 2.58. The predicted octanol–water partition coefficient (Wildman–Crippen LogP) is 3.08. The van der Waals surface area contributed by atoms with E-state index in [1.54, 1.807) is 0 Å². The summed E-state index contributed by atoms with van der Waals surface area (Å²) in [5.74, 6) is 0.928. The van der Waals surface area contributed by atoms with Gasteiger partial charge in [0.25, 0.3) is 0 Å². The van der Waals surface area contributed by atoms with Crippen LogP contribution in [0.2, 0.25) is 0 Å². The number of para-hydroxylation sites is 1. The molecule has 17 heavy (non-hydrogen) atoms. The molecule has 3 nitrogen and oxygen atoms in total. The highest BCUT2D eigenvalue weighted by Gasteiger charge is 2.10. The molecule has 0 saturated heterocycles. The Morgan fingerprint density at radius 3 is 2.00 bits per heavy atom. The average molecular weight is 238 g/mol. The summed E-state index contributed by atoms with van der Waals surface area (Å²) in [6, 6.07) is 6.11. The first kappa shape index (κ1) is 14.0. The van der Waals surface area contributed by atoms with Gasteiger partial charge in [0.2, 0.25) is 0 Å². The highest BCUT2D eigenvalue weighted by molar-refractivity contribution is 5.39. The lowest BCUT2D eigenvalue weighted by molar-refractivity contribution is -0.152. The van der Waals surface area contributed by atoms with Gasteiger partial charge >= 0.3 is 0 Å². The molecule has 0 fully saturated rings. The minimum absolute atomic E-state index is 0.288. The first-order valence-corrected chi connectivity index (χ1v) is 6.11. The Labute approximate surface area is 104 Å². The molecule has 1 aromatic carbocycles. The first-order valence-electron chi connectivity index (χ1n) is 6.11. The fourth-order valence-corrected chi connectivity index (χ4v) is 1.69. The summed E-state index contributed by atoms with van der Waals surface area (Å²) in [5.41, 5.74) is 2.27. The minimum Gasteiger partial charge on any atom is -0.488 e. The quantitative estimate of drug-likeness (QED) is 0.683. The lowest BCUT2D eigenvalue weighted by Crippen LogP contribution is -2.25. The van der Waals surface area contributed by atoms with Gasteiger partial charge in [-0.3, -0.25) is 0 Å². The summed E-state index contributed by atoms with van der Waals surface area (Å²) >= 11 is 0. The molecule has 0 radical (unpaired) electrons. The first-order chi connectivity index (χ1) is 8.19. The summed E-state index contributed by atoms with van der Waals surface area (Å²) in [6.07, 6.45) is -0.288. The number of hydrogen-bond acceptors (Lipinski definition) is 3. The van der Waals surface area contributed by atoms with E-state index in [1.165, 1.54) is 0 Å². The van der Waals surface area contributed by atoms with Crippen molar-refractivity contribution in [3.8, 4) is 5.75 Å². The fraction of sp³-hybridized carbons (Fsp3) is 0.571. The lowest BCUT2D eigenvalue weighted by Gasteiger charge is -2.19. The Morgan fingerprint density at radius 1 is 1.00 bits per heavy atom. The Bertz CT molecular complexity index is 310. The molecule has 0 aromatic heterocycles. The van der Waals surface area contributed by atoms with E-state index in [2.05, 4.69) is 0 Å². The number of hydrogen-bond donors (Lipinski definition) is 0. The van der Waals surface area contributed by atoms with Gasteiger partial charge in [0.1, 0.15) is 12.4 Å². The third kappa shape index (κ3) is 4.36. The van der Waals surface area contributed by atoms with Crippen molar-refractivity contribution in [2.24, 2.45) is 0 Å². The van der Waals surface area contributed by atoms with Gasteiger partial charge in [-0.2, -0.15) is 0 Å². The Morgan fingerprint density at radius 2 is 1.53 bits per heavy atom. The zero-order valence-corrected chi connectivity index (χ0v) is 11.2. The van der Waals surface area contributed by atoms with Gasteiger partial charge in [0, 0.05) is 13.2 Å². The van der Waals surface area contributed by atoms with Gasteiger partial charge in [0.05, 0.1) is 0 Å². The molecule has 1 aromatic rings. The normalized spacial score (nSPS) is 10.9. The third-order valence-electron chi connectivity index (χ3n) is 2.48. The summed E-state index contributed by atoms with van der Waals surface area (Å²) < 4.78 is 16.7. The molecule has 0 aliphatic carbocycles. The van der Waals surface area contributed by atoms with Gasteiger partial charge in [-0.25, -0.2) is 0 Å². The van der Waals surface area contributed by atoms with E-state index in [0.717, 1.165) is 16.9 Å². The largest absolute Gasteiger partial charge is 0.488 e. The van der Waals surface area contributed by atoms with E-state index in [0.29, 0.717) is 19.8 Å². The summed E-state index contributed by atoms with van der Waals surface area (Å²) in [7, 11) is 0. The monoisotopic (exact) mass is 238 g/mol. The van der Waals surface area contributed by atoms with Crippen molar-refractivity contribution in [1.82, 2.24) is 0 Å². The SMILES string of the molecule is CCOC(COc1c(C)cccc1C)OCC. The molecule has 0 N–H and O–H groups in total. The predicted molar refractivity (Wildman–Crippen MR) is 68.5 cm³/mol. The molecule has 1 rings (SSSR count). The summed E-state index contributed by atoms with van der Waals surface area (Å²) in [5, 5.41) is 0. The second kappa shape index (κ2) is 7.30. The highest BCUT2D eigenvalue weighted by atomic mass is 16.7. The van der Waals surface area contributed by atoms with Gasteiger partial charge in [-0.15, -0.1) is 0 Å². The lowest BCUT2D eigenvalue weighted by atomic mass is 10.1. The number of benzene rings is 1. The summed E-state index contributed by atoms with van der Waals surface area (Å²) in [4.78, 5) is 0. The van der Waals surface area contributed by atoms with Crippen LogP contribution < -0.4 is 4.74 Å². The standard InChI is InChI=1S/C14H22O3/c1-5-15-13(16-6-2)10-17-14-11(3)8-7-9-12(14)4/h7-9,13H,5-6,10H2,1-4H3. The topological polar surface area (TPSA) is 27.7 Å². The van der Waals surface area contributed by atoms with Crippen molar-refractivity contribution >= 4 is 0 Å². The van der Waals surface area contributed by atoms with Crippen LogP contribution in [0.4, 0.5) is 0 Å². The Hall–Kier alpha value is -1.06. The molecular formula is C14H22O3. The van der Waals surface area contributed by atoms with Gasteiger partial charge in [-0.05, 0) is 38.8 Å². The fourth-order valence-electron chi connectivity index (χ4n) is 1.69. The van der Waals surface area contributed by atoms with Crippen LogP contribution in [-0.2, 0) is 9.47 Å². The van der Waals surface area contributed by atoms with Gasteiger partial charge in [0.15, 0.2) is 6.29 Å². The molecule has 0 unspecified atom stereocenters. The van der Waals surface area contributed by atoms with Crippen LogP contribution in [0.15, 0.2) is 18.2 Å². The minimum atomic E-state index is -0.288. The number of ether oxygens (including phenoxy) is 3. The van der Waals surface area contributed by atoms with Gasteiger partial charge < -0.3 is 14.2 Å². The zero-order valence-electron chi connectivity index (χ0n) is 11.2. The molecule has 96 valence electrons. The van der Waals surface area contributed by atoms with E-state index in [-0.39, 0.29) is 6.29 Å². The van der Waals surface area contributed by atoms with Crippen LogP contribution in [0.5, 0.6) is 5.75 Å². The molecule has 3 heteroatoms. The van der Waals surface area contributed by atoms with Crippen molar-refractivity contribution in [3.05, 3.63) is 29.3 Å². The molecule has 0 spiro atoms. The van der Waals surface area contributed by atoms with E-state index >= 15 is 0 Å².